The third-order valence-corrected chi connectivity index (χ3v) is 5.17. The summed E-state index contributed by atoms with van der Waals surface area (Å²) in [6.45, 7) is 0. The first-order valence-electron chi connectivity index (χ1n) is 7.51. The fraction of sp³-hybridized carbons (Fsp3) is 0.0588. The van der Waals surface area contributed by atoms with Gasteiger partial charge < -0.3 is 5.11 Å². The van der Waals surface area contributed by atoms with Gasteiger partial charge >= 0.3 is 12.1 Å². The number of halogens is 4. The molecule has 0 aliphatic rings. The second-order valence-corrected chi connectivity index (χ2v) is 7.30. The molecule has 28 heavy (non-hydrogen) atoms. The van der Waals surface area contributed by atoms with Crippen molar-refractivity contribution in [2.75, 3.05) is 4.72 Å². The molecular weight excluding hydrogens is 404 g/mol. The zero-order valence-corrected chi connectivity index (χ0v) is 14.5. The molecule has 1 aromatic heterocycles. The van der Waals surface area contributed by atoms with E-state index in [1.54, 1.807) is 0 Å². The summed E-state index contributed by atoms with van der Waals surface area (Å²) < 4.78 is 80.1. The van der Waals surface area contributed by atoms with Crippen LogP contribution >= 0.6 is 0 Å². The number of fused-ring (bicyclic) bond motifs is 1. The van der Waals surface area contributed by atoms with Gasteiger partial charge in [0.05, 0.1) is 21.7 Å². The Hall–Kier alpha value is -3.21. The van der Waals surface area contributed by atoms with Gasteiger partial charge in [-0.05, 0) is 42.5 Å². The number of aromatic nitrogens is 1. The summed E-state index contributed by atoms with van der Waals surface area (Å²) in [5.74, 6) is -2.44. The third kappa shape index (κ3) is 3.74. The number of hydrogen-bond donors (Lipinski definition) is 2. The summed E-state index contributed by atoms with van der Waals surface area (Å²) in [5.41, 5.74) is -2.93. The second-order valence-electron chi connectivity index (χ2n) is 5.65. The molecule has 0 aliphatic carbocycles. The average Bonchev–Trinajstić information content (AvgIpc) is 2.60. The highest BCUT2D eigenvalue weighted by Gasteiger charge is 2.32. The minimum Gasteiger partial charge on any atom is -0.478 e. The van der Waals surface area contributed by atoms with Gasteiger partial charge in [0.1, 0.15) is 11.3 Å². The largest absolute Gasteiger partial charge is 0.478 e. The van der Waals surface area contributed by atoms with E-state index in [2.05, 4.69) is 4.98 Å². The van der Waals surface area contributed by atoms with Crippen LogP contribution in [0.15, 0.2) is 53.6 Å². The van der Waals surface area contributed by atoms with Crippen LogP contribution in [-0.4, -0.2) is 24.5 Å². The van der Waals surface area contributed by atoms with Crippen LogP contribution in [0.3, 0.4) is 0 Å². The lowest BCUT2D eigenvalue weighted by Crippen LogP contribution is -2.16. The molecular formula is C17H10F4N2O4S. The molecule has 2 N–H and O–H groups in total. The molecule has 146 valence electrons. The Bertz CT molecular complexity index is 1190. The van der Waals surface area contributed by atoms with Crippen LogP contribution in [0.1, 0.15) is 15.9 Å². The highest BCUT2D eigenvalue weighted by atomic mass is 32.2. The molecule has 2 aromatic carbocycles. The molecule has 0 amide bonds. The van der Waals surface area contributed by atoms with Gasteiger partial charge in [-0.1, -0.05) is 0 Å². The predicted molar refractivity (Wildman–Crippen MR) is 90.9 cm³/mol. The van der Waals surface area contributed by atoms with Crippen molar-refractivity contribution in [1.29, 1.82) is 0 Å². The Morgan fingerprint density at radius 2 is 1.82 bits per heavy atom. The van der Waals surface area contributed by atoms with Crippen LogP contribution in [0.25, 0.3) is 10.9 Å². The van der Waals surface area contributed by atoms with Gasteiger partial charge in [0.2, 0.25) is 0 Å². The van der Waals surface area contributed by atoms with Crippen LogP contribution in [0.2, 0.25) is 0 Å². The lowest BCUT2D eigenvalue weighted by molar-refractivity contribution is -0.137. The van der Waals surface area contributed by atoms with Crippen molar-refractivity contribution in [2.24, 2.45) is 0 Å². The molecule has 0 unspecified atom stereocenters. The smallest absolute Gasteiger partial charge is 0.416 e. The molecule has 0 saturated heterocycles. The van der Waals surface area contributed by atoms with Crippen LogP contribution in [-0.2, 0) is 16.2 Å². The molecule has 0 spiro atoms. The molecule has 0 atom stereocenters. The summed E-state index contributed by atoms with van der Waals surface area (Å²) in [5, 5.41) is 8.91. The Balaban J connectivity index is 2.13. The Morgan fingerprint density at radius 3 is 2.46 bits per heavy atom. The van der Waals surface area contributed by atoms with Crippen molar-refractivity contribution in [2.45, 2.75) is 11.1 Å². The van der Waals surface area contributed by atoms with E-state index in [1.165, 1.54) is 18.3 Å². The lowest BCUT2D eigenvalue weighted by Gasteiger charge is -2.14. The van der Waals surface area contributed by atoms with Crippen molar-refractivity contribution in [3.8, 4) is 0 Å². The first-order valence-corrected chi connectivity index (χ1v) is 8.99. The number of pyridine rings is 1. The van der Waals surface area contributed by atoms with Gasteiger partial charge in [-0.25, -0.2) is 17.6 Å². The number of nitrogens with one attached hydrogen (secondary N) is 1. The fourth-order valence-electron chi connectivity index (χ4n) is 2.53. The normalized spacial score (nSPS) is 12.1. The van der Waals surface area contributed by atoms with Crippen molar-refractivity contribution < 1.29 is 35.9 Å². The number of nitrogens with zero attached hydrogens (tertiary/aromatic N) is 1. The van der Waals surface area contributed by atoms with Crippen molar-refractivity contribution >= 4 is 32.6 Å². The van der Waals surface area contributed by atoms with E-state index in [1.807, 2.05) is 4.72 Å². The number of carbonyl (C=O) groups is 1. The molecule has 0 fully saturated rings. The van der Waals surface area contributed by atoms with Gasteiger partial charge in [-0.15, -0.1) is 0 Å². The summed E-state index contributed by atoms with van der Waals surface area (Å²) in [7, 11) is -4.48. The topological polar surface area (TPSA) is 96.4 Å². The number of benzene rings is 2. The Labute approximate surface area is 155 Å². The zero-order chi connectivity index (χ0) is 20.7. The Morgan fingerprint density at radius 1 is 1.11 bits per heavy atom. The van der Waals surface area contributed by atoms with Gasteiger partial charge in [0.15, 0.2) is 0 Å². The van der Waals surface area contributed by atoms with Crippen molar-refractivity contribution in [3.63, 3.8) is 0 Å². The first-order chi connectivity index (χ1) is 13.0. The quantitative estimate of drug-likeness (QED) is 0.632. The van der Waals surface area contributed by atoms with Gasteiger partial charge in [-0.3, -0.25) is 9.71 Å². The van der Waals surface area contributed by atoms with Gasteiger partial charge in [0, 0.05) is 11.6 Å². The average molecular weight is 414 g/mol. The van der Waals surface area contributed by atoms with Crippen LogP contribution in [0, 0.1) is 5.82 Å². The molecule has 3 rings (SSSR count). The minimum atomic E-state index is -4.89. The molecule has 0 bridgehead atoms. The zero-order valence-electron chi connectivity index (χ0n) is 13.7. The maximum absolute atomic E-state index is 13.8. The highest BCUT2D eigenvalue weighted by molar-refractivity contribution is 7.93. The second kappa shape index (κ2) is 6.75. The maximum Gasteiger partial charge on any atom is 0.416 e. The summed E-state index contributed by atoms with van der Waals surface area (Å²) in [4.78, 5) is 14.4. The number of rotatable bonds is 4. The van der Waals surface area contributed by atoms with Gasteiger partial charge in [-0.2, -0.15) is 13.2 Å². The maximum atomic E-state index is 13.8. The minimum absolute atomic E-state index is 0.0829. The summed E-state index contributed by atoms with van der Waals surface area (Å²) in [6.07, 6.45) is -3.64. The monoisotopic (exact) mass is 414 g/mol. The molecule has 11 heteroatoms. The molecule has 3 aromatic rings. The molecule has 1 heterocycles. The van der Waals surface area contributed by atoms with Gasteiger partial charge in [0.25, 0.3) is 10.0 Å². The molecule has 0 aliphatic heterocycles. The third-order valence-electron chi connectivity index (χ3n) is 3.73. The number of sulfonamides is 1. The van der Waals surface area contributed by atoms with E-state index in [0.717, 1.165) is 18.2 Å². The van der Waals surface area contributed by atoms with E-state index in [-0.39, 0.29) is 10.9 Å². The van der Waals surface area contributed by atoms with Crippen molar-refractivity contribution in [1.82, 2.24) is 4.98 Å². The lowest BCUT2D eigenvalue weighted by atomic mass is 10.1. The summed E-state index contributed by atoms with van der Waals surface area (Å²) in [6, 6.07) is 6.05. The van der Waals surface area contributed by atoms with E-state index in [4.69, 9.17) is 5.11 Å². The molecule has 0 radical (unpaired) electrons. The predicted octanol–water partition coefficient (Wildman–Crippen LogP) is 3.89. The van der Waals surface area contributed by atoms with Crippen LogP contribution in [0.4, 0.5) is 23.2 Å². The Kier molecular flexibility index (Phi) is 4.71. The number of carboxylic acids is 1. The molecule has 0 saturated carbocycles. The fourth-order valence-corrected chi connectivity index (χ4v) is 3.77. The number of hydrogen-bond acceptors (Lipinski definition) is 4. The SMILES string of the molecule is O=C(O)c1cc(NS(=O)(=O)c2ccc(F)c3ncccc23)cc(C(F)(F)F)c1. The standard InChI is InChI=1S/C17H10F4N2O4S/c18-13-3-4-14(12-2-1-5-22-15(12)13)28(26,27)23-11-7-9(16(24)25)6-10(8-11)17(19,20)21/h1-8,23H,(H,24,25). The number of alkyl halides is 3. The number of aromatic carboxylic acids is 1. The van der Waals surface area contributed by atoms with E-state index < -0.39 is 49.7 Å². The first kappa shape index (κ1) is 19.5. The van der Waals surface area contributed by atoms with Crippen molar-refractivity contribution in [3.05, 3.63) is 65.6 Å². The van der Waals surface area contributed by atoms with Crippen LogP contribution in [0.5, 0.6) is 0 Å². The molecule has 6 nitrogen and oxygen atoms in total. The van der Waals surface area contributed by atoms with E-state index in [9.17, 15) is 30.8 Å². The highest BCUT2D eigenvalue weighted by Crippen LogP contribution is 2.33. The van der Waals surface area contributed by atoms with E-state index in [0.29, 0.717) is 12.1 Å². The number of anilines is 1. The summed E-state index contributed by atoms with van der Waals surface area (Å²) >= 11 is 0. The van der Waals surface area contributed by atoms with E-state index >= 15 is 0 Å². The van der Waals surface area contributed by atoms with Crippen LogP contribution < -0.4 is 4.72 Å². The number of carboxylic acid groups (broad SMARTS) is 1.